The zero-order valence-electron chi connectivity index (χ0n) is 15.8. The molecule has 0 spiro atoms. The maximum absolute atomic E-state index is 13.8. The molecule has 1 aromatic heterocycles. The van der Waals surface area contributed by atoms with Crippen molar-refractivity contribution in [1.29, 1.82) is 0 Å². The molecule has 4 rings (SSSR count). The monoisotopic (exact) mass is 481 g/mol. The quantitative estimate of drug-likeness (QED) is 0.562. The zero-order valence-corrected chi connectivity index (χ0v) is 18.1. The summed E-state index contributed by atoms with van der Waals surface area (Å²) in [4.78, 5) is 26.5. The van der Waals surface area contributed by atoms with Crippen molar-refractivity contribution in [2.45, 2.75) is 13.1 Å². The summed E-state index contributed by atoms with van der Waals surface area (Å²) in [7, 11) is 0. The molecule has 11 heteroatoms. The van der Waals surface area contributed by atoms with E-state index in [4.69, 9.17) is 40.5 Å². The Balaban J connectivity index is 1.64. The summed E-state index contributed by atoms with van der Waals surface area (Å²) in [6.45, 7) is 0.748. The van der Waals surface area contributed by atoms with Gasteiger partial charge in [0.05, 0.1) is 34.4 Å². The van der Waals surface area contributed by atoms with Crippen LogP contribution < -0.4 is 11.1 Å². The lowest BCUT2D eigenvalue weighted by atomic mass is 10.0. The highest BCUT2D eigenvalue weighted by atomic mass is 35.5. The van der Waals surface area contributed by atoms with Gasteiger partial charge in [-0.1, -0.05) is 34.8 Å². The first-order chi connectivity index (χ1) is 14.7. The molecule has 0 aliphatic carbocycles. The first-order valence-corrected chi connectivity index (χ1v) is 10.2. The molecule has 3 amide bonds. The summed E-state index contributed by atoms with van der Waals surface area (Å²) in [5.41, 5.74) is 7.20. The molecule has 2 aromatic carbocycles. The number of hydrogen-bond donors (Lipinski definition) is 2. The minimum absolute atomic E-state index is 0.0848. The van der Waals surface area contributed by atoms with Gasteiger partial charge in [0, 0.05) is 22.8 Å². The minimum Gasteiger partial charge on any atom is -0.365 e. The van der Waals surface area contributed by atoms with Crippen LogP contribution in [0.1, 0.15) is 16.1 Å². The van der Waals surface area contributed by atoms with Crippen molar-refractivity contribution < 1.29 is 14.0 Å². The molecule has 160 valence electrons. The molecule has 1 aliphatic heterocycles. The molecule has 1 aliphatic rings. The van der Waals surface area contributed by atoms with Crippen LogP contribution in [0.25, 0.3) is 11.3 Å². The van der Waals surface area contributed by atoms with Gasteiger partial charge in [-0.3, -0.25) is 9.48 Å². The summed E-state index contributed by atoms with van der Waals surface area (Å²) in [5, 5.41) is 8.02. The Morgan fingerprint density at radius 2 is 1.84 bits per heavy atom. The Bertz CT molecular complexity index is 1190. The number of hydrogen-bond acceptors (Lipinski definition) is 3. The van der Waals surface area contributed by atoms with Crippen molar-refractivity contribution >= 4 is 52.4 Å². The summed E-state index contributed by atoms with van der Waals surface area (Å²) in [6, 6.07) is 8.22. The number of halogens is 4. The average Bonchev–Trinajstić information content (AvgIpc) is 3.09. The summed E-state index contributed by atoms with van der Waals surface area (Å²) in [6.07, 6.45) is 0. The van der Waals surface area contributed by atoms with Crippen LogP contribution in [0.3, 0.4) is 0 Å². The predicted molar refractivity (Wildman–Crippen MR) is 117 cm³/mol. The number of anilines is 1. The van der Waals surface area contributed by atoms with Crippen LogP contribution in [0.15, 0.2) is 36.4 Å². The van der Waals surface area contributed by atoms with Gasteiger partial charge in [-0.25, -0.2) is 9.18 Å². The maximum Gasteiger partial charge on any atom is 0.322 e. The smallest absolute Gasteiger partial charge is 0.322 e. The Morgan fingerprint density at radius 1 is 1.06 bits per heavy atom. The first-order valence-electron chi connectivity index (χ1n) is 9.10. The fourth-order valence-electron chi connectivity index (χ4n) is 3.42. The summed E-state index contributed by atoms with van der Waals surface area (Å²) < 4.78 is 15.4. The van der Waals surface area contributed by atoms with Crippen molar-refractivity contribution in [2.75, 3.05) is 11.9 Å². The van der Waals surface area contributed by atoms with Gasteiger partial charge in [0.25, 0.3) is 5.91 Å². The van der Waals surface area contributed by atoms with Gasteiger partial charge < -0.3 is 16.0 Å². The third kappa shape index (κ3) is 4.32. The van der Waals surface area contributed by atoms with E-state index in [9.17, 15) is 14.0 Å². The molecule has 0 saturated heterocycles. The highest BCUT2D eigenvalue weighted by molar-refractivity contribution is 6.42. The highest BCUT2D eigenvalue weighted by Crippen LogP contribution is 2.31. The standard InChI is InChI=1S/C20H15Cl3FN5O2/c21-11-5-10(6-12(24)7-11)18-17(19(25)30)16-9-28(3-4-29(16)27-18)20(31)26-13-1-2-14(22)15(23)8-13/h1-2,5-8H,3-4,9H2,(H2,25,30)(H,26,31). The second-order valence-corrected chi connectivity index (χ2v) is 8.15. The van der Waals surface area contributed by atoms with E-state index < -0.39 is 17.8 Å². The lowest BCUT2D eigenvalue weighted by Gasteiger charge is -2.28. The van der Waals surface area contributed by atoms with E-state index >= 15 is 0 Å². The van der Waals surface area contributed by atoms with Gasteiger partial charge in [0.2, 0.25) is 0 Å². The number of urea groups is 1. The van der Waals surface area contributed by atoms with Crippen LogP contribution >= 0.6 is 34.8 Å². The minimum atomic E-state index is -0.733. The summed E-state index contributed by atoms with van der Waals surface area (Å²) >= 11 is 17.8. The number of nitrogens with one attached hydrogen (secondary N) is 1. The molecule has 2 heterocycles. The molecular weight excluding hydrogens is 468 g/mol. The number of aromatic nitrogens is 2. The highest BCUT2D eigenvalue weighted by Gasteiger charge is 2.30. The number of rotatable bonds is 3. The van der Waals surface area contributed by atoms with Gasteiger partial charge in [-0.15, -0.1) is 0 Å². The van der Waals surface area contributed by atoms with Crippen molar-refractivity contribution in [1.82, 2.24) is 14.7 Å². The number of benzene rings is 2. The van der Waals surface area contributed by atoms with Crippen molar-refractivity contribution in [3.63, 3.8) is 0 Å². The lowest BCUT2D eigenvalue weighted by molar-refractivity contribution is 0.0997. The third-order valence-electron chi connectivity index (χ3n) is 4.82. The number of fused-ring (bicyclic) bond motifs is 1. The molecule has 0 atom stereocenters. The van der Waals surface area contributed by atoms with Gasteiger partial charge in [-0.05, 0) is 36.4 Å². The molecule has 31 heavy (non-hydrogen) atoms. The van der Waals surface area contributed by atoms with Gasteiger partial charge >= 0.3 is 6.03 Å². The maximum atomic E-state index is 13.8. The largest absolute Gasteiger partial charge is 0.365 e. The van der Waals surface area contributed by atoms with Crippen molar-refractivity contribution in [3.05, 3.63) is 68.5 Å². The van der Waals surface area contributed by atoms with Crippen LogP contribution in [0.4, 0.5) is 14.9 Å². The number of amides is 3. The summed E-state index contributed by atoms with van der Waals surface area (Å²) in [5.74, 6) is -1.30. The number of primary amides is 1. The Kier molecular flexibility index (Phi) is 5.79. The molecule has 0 unspecified atom stereocenters. The number of nitrogens with two attached hydrogens (primary N) is 1. The molecule has 0 bridgehead atoms. The molecule has 3 aromatic rings. The van der Waals surface area contributed by atoms with Gasteiger partial charge in [-0.2, -0.15) is 5.10 Å². The van der Waals surface area contributed by atoms with Crippen molar-refractivity contribution in [3.8, 4) is 11.3 Å². The molecular formula is C20H15Cl3FN5O2. The topological polar surface area (TPSA) is 93.2 Å². The average molecular weight is 483 g/mol. The number of carbonyl (C=O) groups is 2. The van der Waals surface area contributed by atoms with Gasteiger partial charge in [0.15, 0.2) is 0 Å². The predicted octanol–water partition coefficient (Wildman–Crippen LogP) is 4.80. The molecule has 0 fully saturated rings. The van der Waals surface area contributed by atoms with E-state index in [0.717, 1.165) is 6.07 Å². The Hall–Kier alpha value is -2.81. The lowest BCUT2D eigenvalue weighted by Crippen LogP contribution is -2.41. The van der Waals surface area contributed by atoms with Crippen LogP contribution in [0, 0.1) is 5.82 Å². The van der Waals surface area contributed by atoms with Crippen LogP contribution in [0.5, 0.6) is 0 Å². The fourth-order valence-corrected chi connectivity index (χ4v) is 3.94. The van der Waals surface area contributed by atoms with E-state index in [1.54, 1.807) is 16.8 Å². The van der Waals surface area contributed by atoms with Crippen LogP contribution in [0.2, 0.25) is 15.1 Å². The van der Waals surface area contributed by atoms with E-state index in [0.29, 0.717) is 40.1 Å². The fraction of sp³-hybridized carbons (Fsp3) is 0.150. The third-order valence-corrected chi connectivity index (χ3v) is 5.78. The Morgan fingerprint density at radius 3 is 2.52 bits per heavy atom. The van der Waals surface area contributed by atoms with E-state index in [1.165, 1.54) is 23.1 Å². The second kappa shape index (κ2) is 8.37. The van der Waals surface area contributed by atoms with Crippen LogP contribution in [-0.4, -0.2) is 33.2 Å². The SMILES string of the molecule is NC(=O)c1c(-c2cc(F)cc(Cl)c2)nn2c1CN(C(=O)Nc1ccc(Cl)c(Cl)c1)CC2. The first kappa shape index (κ1) is 21.4. The van der Waals surface area contributed by atoms with Crippen LogP contribution in [-0.2, 0) is 13.1 Å². The van der Waals surface area contributed by atoms with E-state index in [-0.39, 0.29) is 22.8 Å². The Labute approximate surface area is 191 Å². The number of nitrogens with zero attached hydrogens (tertiary/aromatic N) is 3. The molecule has 3 N–H and O–H groups in total. The van der Waals surface area contributed by atoms with Crippen molar-refractivity contribution in [2.24, 2.45) is 5.73 Å². The molecule has 0 radical (unpaired) electrons. The van der Waals surface area contributed by atoms with Gasteiger partial charge in [0.1, 0.15) is 11.5 Å². The molecule has 7 nitrogen and oxygen atoms in total. The molecule has 0 saturated carbocycles. The van der Waals surface area contributed by atoms with E-state index in [2.05, 4.69) is 10.4 Å². The number of carbonyl (C=O) groups excluding carboxylic acids is 2. The second-order valence-electron chi connectivity index (χ2n) is 6.90. The normalized spacial score (nSPS) is 13.1. The zero-order chi connectivity index (χ0) is 22.3. The van der Waals surface area contributed by atoms with E-state index in [1.807, 2.05) is 0 Å².